The van der Waals surface area contributed by atoms with Crippen LogP contribution in [0.25, 0.3) is 53.0 Å². The van der Waals surface area contributed by atoms with Crippen molar-refractivity contribution < 1.29 is 4.57 Å². The topological polar surface area (TPSA) is 3.88 Å². The van der Waals surface area contributed by atoms with Gasteiger partial charge in [0, 0.05) is 27.6 Å². The van der Waals surface area contributed by atoms with Gasteiger partial charge in [0.05, 0.1) is 10.3 Å². The van der Waals surface area contributed by atoms with Gasteiger partial charge in [-0.3, -0.25) is 0 Å². The van der Waals surface area contributed by atoms with Crippen molar-refractivity contribution in [3.05, 3.63) is 78.5 Å². The summed E-state index contributed by atoms with van der Waals surface area (Å²) in [7, 11) is 2.13. The first kappa shape index (κ1) is 15.1. The number of fused-ring (bicyclic) bond motifs is 3. The molecule has 0 spiro atoms. The van der Waals surface area contributed by atoms with Crippen molar-refractivity contribution in [2.75, 3.05) is 0 Å². The molecular weight excluding hydrogens is 346 g/mol. The summed E-state index contributed by atoms with van der Waals surface area (Å²) in [5, 5.41) is 8.31. The fraction of sp³-hybridized carbons (Fsp3) is 0.0800. The smallest absolute Gasteiger partial charge is 0.201 e. The highest BCUT2D eigenvalue weighted by Crippen LogP contribution is 2.48. The first-order valence-corrected chi connectivity index (χ1v) is 10.1. The molecule has 2 aromatic heterocycles. The Kier molecular flexibility index (Phi) is 2.95. The van der Waals surface area contributed by atoms with Crippen LogP contribution in [0.3, 0.4) is 0 Å². The SMILES string of the molecule is Cc1cc2c3ccccc3c3cccc4sc(c1-c1cccc[n+]1C)c2c43. The molecule has 6 aromatic rings. The van der Waals surface area contributed by atoms with Crippen LogP contribution in [0.15, 0.2) is 72.9 Å². The summed E-state index contributed by atoms with van der Waals surface area (Å²) >= 11 is 1.93. The van der Waals surface area contributed by atoms with Crippen LogP contribution in [-0.4, -0.2) is 0 Å². The van der Waals surface area contributed by atoms with Gasteiger partial charge in [-0.15, -0.1) is 11.3 Å². The summed E-state index contributed by atoms with van der Waals surface area (Å²) in [5.74, 6) is 0. The molecule has 0 radical (unpaired) electrons. The van der Waals surface area contributed by atoms with Crippen LogP contribution in [0.1, 0.15) is 5.56 Å². The van der Waals surface area contributed by atoms with E-state index in [-0.39, 0.29) is 0 Å². The molecule has 0 N–H and O–H groups in total. The minimum absolute atomic E-state index is 1.27. The van der Waals surface area contributed by atoms with Gasteiger partial charge >= 0.3 is 0 Å². The standard InChI is InChI=1S/C25H18NS/c1-15-14-19-17-9-4-3-8-16(17)18-10-7-12-21-23(18)24(19)25(27-21)22(15)20-11-5-6-13-26(20)2/h3-14H,1-2H3/q+1. The van der Waals surface area contributed by atoms with E-state index in [2.05, 4.69) is 91.5 Å². The van der Waals surface area contributed by atoms with E-state index in [9.17, 15) is 0 Å². The Labute approximate surface area is 161 Å². The lowest BCUT2D eigenvalue weighted by Gasteiger charge is -2.12. The van der Waals surface area contributed by atoms with Crippen molar-refractivity contribution in [1.29, 1.82) is 0 Å². The molecule has 2 heteroatoms. The Hall–Kier alpha value is -2.97. The lowest BCUT2D eigenvalue weighted by atomic mass is 9.91. The maximum Gasteiger partial charge on any atom is 0.213 e. The van der Waals surface area contributed by atoms with Crippen LogP contribution in [0.5, 0.6) is 0 Å². The summed E-state index contributed by atoms with van der Waals surface area (Å²) in [6, 6.07) is 24.4. The molecule has 0 fully saturated rings. The molecule has 0 aliphatic rings. The number of rotatable bonds is 1. The lowest BCUT2D eigenvalue weighted by Crippen LogP contribution is -2.30. The molecule has 6 rings (SSSR count). The van der Waals surface area contributed by atoms with Gasteiger partial charge in [-0.2, -0.15) is 0 Å². The van der Waals surface area contributed by atoms with Crippen molar-refractivity contribution >= 4 is 53.1 Å². The number of hydrogen-bond donors (Lipinski definition) is 0. The highest BCUT2D eigenvalue weighted by molar-refractivity contribution is 7.26. The molecule has 0 bridgehead atoms. The van der Waals surface area contributed by atoms with Crippen molar-refractivity contribution in [2.45, 2.75) is 6.92 Å². The van der Waals surface area contributed by atoms with Crippen LogP contribution in [0.2, 0.25) is 0 Å². The number of thiophene rings is 1. The monoisotopic (exact) mass is 364 g/mol. The summed E-state index contributed by atoms with van der Waals surface area (Å²) in [4.78, 5) is 0. The lowest BCUT2D eigenvalue weighted by molar-refractivity contribution is -0.660. The van der Waals surface area contributed by atoms with E-state index in [1.165, 1.54) is 58.5 Å². The highest BCUT2D eigenvalue weighted by atomic mass is 32.1. The minimum Gasteiger partial charge on any atom is -0.201 e. The largest absolute Gasteiger partial charge is 0.213 e. The molecule has 4 aromatic carbocycles. The number of hydrogen-bond acceptors (Lipinski definition) is 1. The summed E-state index contributed by atoms with van der Waals surface area (Å²) in [6.45, 7) is 2.25. The van der Waals surface area contributed by atoms with Crippen molar-refractivity contribution in [3.63, 3.8) is 0 Å². The fourth-order valence-electron chi connectivity index (χ4n) is 4.61. The molecule has 2 heterocycles. The zero-order valence-electron chi connectivity index (χ0n) is 15.3. The molecule has 0 atom stereocenters. The predicted molar refractivity (Wildman–Crippen MR) is 117 cm³/mol. The van der Waals surface area contributed by atoms with Crippen molar-refractivity contribution in [2.24, 2.45) is 7.05 Å². The zero-order chi connectivity index (χ0) is 18.1. The van der Waals surface area contributed by atoms with Gasteiger partial charge < -0.3 is 0 Å². The second kappa shape index (κ2) is 5.28. The highest BCUT2D eigenvalue weighted by Gasteiger charge is 2.23. The Balaban J connectivity index is 1.94. The van der Waals surface area contributed by atoms with Gasteiger partial charge in [-0.25, -0.2) is 4.57 Å². The molecule has 0 amide bonds. The number of aromatic nitrogens is 1. The van der Waals surface area contributed by atoms with E-state index in [0.29, 0.717) is 0 Å². The maximum absolute atomic E-state index is 2.39. The van der Waals surface area contributed by atoms with Gasteiger partial charge in [0.1, 0.15) is 7.05 Å². The molecular formula is C25H18NS+. The Morgan fingerprint density at radius 1 is 0.741 bits per heavy atom. The molecule has 0 saturated heterocycles. The number of pyridine rings is 1. The summed E-state index contributed by atoms with van der Waals surface area (Å²) < 4.78 is 5.01. The average molecular weight is 364 g/mol. The molecule has 128 valence electrons. The number of aryl methyl sites for hydroxylation is 2. The third-order valence-electron chi connectivity index (χ3n) is 5.79. The van der Waals surface area contributed by atoms with Crippen LogP contribution >= 0.6 is 11.3 Å². The fourth-order valence-corrected chi connectivity index (χ4v) is 5.97. The third-order valence-corrected chi connectivity index (χ3v) is 6.96. The van der Waals surface area contributed by atoms with Crippen LogP contribution in [0.4, 0.5) is 0 Å². The third kappa shape index (κ3) is 1.91. The van der Waals surface area contributed by atoms with E-state index in [1.807, 2.05) is 11.3 Å². The predicted octanol–water partition coefficient (Wildman–Crippen LogP) is 6.60. The van der Waals surface area contributed by atoms with E-state index in [0.717, 1.165) is 0 Å². The van der Waals surface area contributed by atoms with Crippen molar-refractivity contribution in [3.8, 4) is 11.3 Å². The summed E-state index contributed by atoms with van der Waals surface area (Å²) in [5.41, 5.74) is 3.97. The normalized spacial score (nSPS) is 12.1. The molecule has 0 unspecified atom stereocenters. The van der Waals surface area contributed by atoms with Gasteiger partial charge in [0.25, 0.3) is 0 Å². The van der Waals surface area contributed by atoms with Crippen LogP contribution in [-0.2, 0) is 7.05 Å². The van der Waals surface area contributed by atoms with Gasteiger partial charge in [-0.05, 0) is 52.2 Å². The first-order valence-electron chi connectivity index (χ1n) is 9.27. The molecule has 1 nitrogen and oxygen atoms in total. The molecule has 0 aliphatic heterocycles. The Morgan fingerprint density at radius 2 is 1.48 bits per heavy atom. The second-order valence-corrected chi connectivity index (χ2v) is 8.40. The minimum atomic E-state index is 1.27. The Morgan fingerprint density at radius 3 is 2.30 bits per heavy atom. The van der Waals surface area contributed by atoms with E-state index < -0.39 is 0 Å². The zero-order valence-corrected chi connectivity index (χ0v) is 16.1. The first-order chi connectivity index (χ1) is 13.2. The molecule has 27 heavy (non-hydrogen) atoms. The van der Waals surface area contributed by atoms with Crippen LogP contribution in [0, 0.1) is 6.92 Å². The van der Waals surface area contributed by atoms with E-state index in [1.54, 1.807) is 0 Å². The van der Waals surface area contributed by atoms with E-state index in [4.69, 9.17) is 0 Å². The average Bonchev–Trinajstić information content (AvgIpc) is 3.08. The number of nitrogens with zero attached hydrogens (tertiary/aromatic N) is 1. The Bertz CT molecular complexity index is 1490. The van der Waals surface area contributed by atoms with E-state index >= 15 is 0 Å². The quantitative estimate of drug-likeness (QED) is 0.229. The molecule has 0 aliphatic carbocycles. The number of benzene rings is 4. The van der Waals surface area contributed by atoms with Gasteiger partial charge in [0.2, 0.25) is 5.69 Å². The maximum atomic E-state index is 2.39. The second-order valence-electron chi connectivity index (χ2n) is 7.34. The van der Waals surface area contributed by atoms with Gasteiger partial charge in [-0.1, -0.05) is 36.4 Å². The summed E-state index contributed by atoms with van der Waals surface area (Å²) in [6.07, 6.45) is 2.13. The molecule has 0 saturated carbocycles. The van der Waals surface area contributed by atoms with Gasteiger partial charge in [0.15, 0.2) is 6.20 Å². The van der Waals surface area contributed by atoms with Crippen molar-refractivity contribution in [1.82, 2.24) is 0 Å². The van der Waals surface area contributed by atoms with Crippen LogP contribution < -0.4 is 4.57 Å².